The Bertz CT molecular complexity index is 520. The number of aliphatic hydroxyl groups excluding tert-OH is 1. The lowest BCUT2D eigenvalue weighted by molar-refractivity contribution is 0.223. The van der Waals surface area contributed by atoms with E-state index in [-0.39, 0.29) is 12.6 Å². The van der Waals surface area contributed by atoms with Gasteiger partial charge < -0.3 is 10.4 Å². The van der Waals surface area contributed by atoms with Crippen molar-refractivity contribution >= 4 is 10.9 Å². The quantitative estimate of drug-likeness (QED) is 0.837. The Morgan fingerprint density at radius 2 is 2.00 bits per heavy atom. The van der Waals surface area contributed by atoms with E-state index in [1.165, 1.54) is 10.9 Å². The van der Waals surface area contributed by atoms with Gasteiger partial charge in [-0.3, -0.25) is 4.98 Å². The molecule has 0 aliphatic rings. The number of para-hydroxylation sites is 1. The highest BCUT2D eigenvalue weighted by molar-refractivity contribution is 5.81. The van der Waals surface area contributed by atoms with Crippen molar-refractivity contribution in [1.29, 1.82) is 0 Å². The minimum Gasteiger partial charge on any atom is -0.395 e. The van der Waals surface area contributed by atoms with E-state index in [0.29, 0.717) is 5.92 Å². The fourth-order valence-electron chi connectivity index (χ4n) is 2.35. The van der Waals surface area contributed by atoms with E-state index in [0.717, 1.165) is 18.5 Å². The SMILES string of the molecule is CC(C)CC(CO)NCc1ccnc2ccccc12. The normalized spacial score (nSPS) is 13.1. The van der Waals surface area contributed by atoms with E-state index < -0.39 is 0 Å². The maximum Gasteiger partial charge on any atom is 0.0705 e. The van der Waals surface area contributed by atoms with Gasteiger partial charge in [0.15, 0.2) is 0 Å². The summed E-state index contributed by atoms with van der Waals surface area (Å²) in [6.07, 6.45) is 2.83. The van der Waals surface area contributed by atoms with Crippen LogP contribution in [-0.2, 0) is 6.54 Å². The first-order valence-electron chi connectivity index (χ1n) is 6.87. The molecule has 102 valence electrons. The highest BCUT2D eigenvalue weighted by Crippen LogP contribution is 2.16. The third-order valence-corrected chi connectivity index (χ3v) is 3.30. The maximum absolute atomic E-state index is 9.39. The lowest BCUT2D eigenvalue weighted by atomic mass is 10.0. The average Bonchev–Trinajstić information content (AvgIpc) is 2.43. The molecule has 1 heterocycles. The minimum atomic E-state index is 0.159. The lowest BCUT2D eigenvalue weighted by Gasteiger charge is -2.18. The highest BCUT2D eigenvalue weighted by Gasteiger charge is 2.10. The topological polar surface area (TPSA) is 45.1 Å². The van der Waals surface area contributed by atoms with Gasteiger partial charge in [0, 0.05) is 24.2 Å². The summed E-state index contributed by atoms with van der Waals surface area (Å²) in [5.74, 6) is 0.582. The van der Waals surface area contributed by atoms with Crippen molar-refractivity contribution in [2.75, 3.05) is 6.61 Å². The van der Waals surface area contributed by atoms with Gasteiger partial charge in [-0.15, -0.1) is 0 Å². The first-order chi connectivity index (χ1) is 9.20. The Balaban J connectivity index is 2.09. The van der Waals surface area contributed by atoms with Crippen molar-refractivity contribution in [3.05, 3.63) is 42.1 Å². The van der Waals surface area contributed by atoms with E-state index in [1.807, 2.05) is 30.5 Å². The number of hydrogen-bond acceptors (Lipinski definition) is 3. The van der Waals surface area contributed by atoms with Crippen LogP contribution >= 0.6 is 0 Å². The zero-order valence-corrected chi connectivity index (χ0v) is 11.6. The van der Waals surface area contributed by atoms with Gasteiger partial charge in [-0.05, 0) is 30.0 Å². The molecule has 0 bridgehead atoms. The molecule has 0 saturated carbocycles. The van der Waals surface area contributed by atoms with Gasteiger partial charge in [0.2, 0.25) is 0 Å². The standard InChI is InChI=1S/C16H22N2O/c1-12(2)9-14(11-19)18-10-13-7-8-17-16-6-4-3-5-15(13)16/h3-8,12,14,18-19H,9-11H2,1-2H3. The number of nitrogens with one attached hydrogen (secondary N) is 1. The molecule has 0 amide bonds. The highest BCUT2D eigenvalue weighted by atomic mass is 16.3. The molecule has 0 spiro atoms. The van der Waals surface area contributed by atoms with Crippen LogP contribution in [0.15, 0.2) is 36.5 Å². The molecule has 0 aliphatic carbocycles. The molecule has 0 aliphatic heterocycles. The number of rotatable bonds is 6. The molecule has 0 fully saturated rings. The fraction of sp³-hybridized carbons (Fsp3) is 0.438. The van der Waals surface area contributed by atoms with Crippen molar-refractivity contribution < 1.29 is 5.11 Å². The molecular formula is C16H22N2O. The number of pyridine rings is 1. The minimum absolute atomic E-state index is 0.159. The number of hydrogen-bond donors (Lipinski definition) is 2. The monoisotopic (exact) mass is 258 g/mol. The third kappa shape index (κ3) is 3.75. The Morgan fingerprint density at radius 3 is 2.74 bits per heavy atom. The molecule has 3 heteroatoms. The molecule has 2 rings (SSSR count). The van der Waals surface area contributed by atoms with Crippen LogP contribution in [0.1, 0.15) is 25.8 Å². The lowest BCUT2D eigenvalue weighted by Crippen LogP contribution is -2.33. The van der Waals surface area contributed by atoms with E-state index in [4.69, 9.17) is 0 Å². The van der Waals surface area contributed by atoms with Crippen molar-refractivity contribution in [3.63, 3.8) is 0 Å². The Morgan fingerprint density at radius 1 is 1.21 bits per heavy atom. The Kier molecular flexibility index (Phi) is 4.88. The fourth-order valence-corrected chi connectivity index (χ4v) is 2.35. The summed E-state index contributed by atoms with van der Waals surface area (Å²) in [6, 6.07) is 10.4. The number of nitrogens with zero attached hydrogens (tertiary/aromatic N) is 1. The average molecular weight is 258 g/mol. The van der Waals surface area contributed by atoms with Crippen LogP contribution in [0.4, 0.5) is 0 Å². The summed E-state index contributed by atoms with van der Waals surface area (Å²) in [5, 5.41) is 14.0. The largest absolute Gasteiger partial charge is 0.395 e. The van der Waals surface area contributed by atoms with Crippen molar-refractivity contribution in [2.45, 2.75) is 32.9 Å². The van der Waals surface area contributed by atoms with Crippen LogP contribution in [-0.4, -0.2) is 22.7 Å². The maximum atomic E-state index is 9.39. The summed E-state index contributed by atoms with van der Waals surface area (Å²) in [7, 11) is 0. The smallest absolute Gasteiger partial charge is 0.0705 e. The van der Waals surface area contributed by atoms with Crippen LogP contribution in [0, 0.1) is 5.92 Å². The summed E-state index contributed by atoms with van der Waals surface area (Å²) in [4.78, 5) is 4.36. The van der Waals surface area contributed by atoms with E-state index in [9.17, 15) is 5.11 Å². The van der Waals surface area contributed by atoms with Gasteiger partial charge in [-0.1, -0.05) is 32.0 Å². The van der Waals surface area contributed by atoms with Crippen LogP contribution < -0.4 is 5.32 Å². The molecule has 1 aromatic heterocycles. The van der Waals surface area contributed by atoms with Crippen LogP contribution in [0.3, 0.4) is 0 Å². The number of aliphatic hydroxyl groups is 1. The first-order valence-corrected chi connectivity index (χ1v) is 6.87. The second-order valence-corrected chi connectivity index (χ2v) is 5.38. The van der Waals surface area contributed by atoms with Gasteiger partial charge in [-0.25, -0.2) is 0 Å². The van der Waals surface area contributed by atoms with Gasteiger partial charge in [0.05, 0.1) is 12.1 Å². The van der Waals surface area contributed by atoms with Gasteiger partial charge in [0.1, 0.15) is 0 Å². The molecule has 1 atom stereocenters. The zero-order valence-electron chi connectivity index (χ0n) is 11.6. The summed E-state index contributed by atoms with van der Waals surface area (Å²) < 4.78 is 0. The van der Waals surface area contributed by atoms with Crippen LogP contribution in [0.2, 0.25) is 0 Å². The number of benzene rings is 1. The van der Waals surface area contributed by atoms with Crippen molar-refractivity contribution in [3.8, 4) is 0 Å². The molecule has 0 radical (unpaired) electrons. The second kappa shape index (κ2) is 6.64. The molecule has 1 aromatic carbocycles. The Labute approximate surface area is 114 Å². The van der Waals surface area contributed by atoms with Crippen LogP contribution in [0.25, 0.3) is 10.9 Å². The van der Waals surface area contributed by atoms with Gasteiger partial charge >= 0.3 is 0 Å². The van der Waals surface area contributed by atoms with Crippen molar-refractivity contribution in [2.24, 2.45) is 5.92 Å². The van der Waals surface area contributed by atoms with Crippen molar-refractivity contribution in [1.82, 2.24) is 10.3 Å². The molecule has 3 nitrogen and oxygen atoms in total. The number of aromatic nitrogens is 1. The molecule has 1 unspecified atom stereocenters. The van der Waals surface area contributed by atoms with E-state index >= 15 is 0 Å². The molecule has 0 saturated heterocycles. The molecule has 2 aromatic rings. The molecule has 19 heavy (non-hydrogen) atoms. The Hall–Kier alpha value is -1.45. The first kappa shape index (κ1) is 14.0. The summed E-state index contributed by atoms with van der Waals surface area (Å²) in [5.41, 5.74) is 2.25. The van der Waals surface area contributed by atoms with E-state index in [1.54, 1.807) is 0 Å². The molecular weight excluding hydrogens is 236 g/mol. The predicted octanol–water partition coefficient (Wildman–Crippen LogP) is 2.73. The van der Waals surface area contributed by atoms with Gasteiger partial charge in [0.25, 0.3) is 0 Å². The van der Waals surface area contributed by atoms with E-state index in [2.05, 4.69) is 30.2 Å². The molecule has 2 N–H and O–H groups in total. The number of fused-ring (bicyclic) bond motifs is 1. The van der Waals surface area contributed by atoms with Crippen LogP contribution in [0.5, 0.6) is 0 Å². The van der Waals surface area contributed by atoms with Gasteiger partial charge in [-0.2, -0.15) is 0 Å². The summed E-state index contributed by atoms with van der Waals surface area (Å²) >= 11 is 0. The zero-order chi connectivity index (χ0) is 13.7. The third-order valence-electron chi connectivity index (χ3n) is 3.30. The summed E-state index contributed by atoms with van der Waals surface area (Å²) in [6.45, 7) is 5.29. The predicted molar refractivity (Wildman–Crippen MR) is 78.9 cm³/mol. The second-order valence-electron chi connectivity index (χ2n) is 5.38.